The number of fused-ring (bicyclic) bond motifs is 7. The molecular formula is C98H99BN2S. The van der Waals surface area contributed by atoms with Gasteiger partial charge in [-0.05, 0) is 164 Å². The molecule has 0 amide bonds. The largest absolute Gasteiger partial charge is 0.310 e. The number of hydrogen-bond acceptors (Lipinski definition) is 2. The van der Waals surface area contributed by atoms with Gasteiger partial charge in [0.2, 0.25) is 6.71 Å². The molecule has 2 aliphatic rings. The van der Waals surface area contributed by atoms with Gasteiger partial charge >= 0.3 is 0 Å². The maximum absolute atomic E-state index is 10.0. The number of hydrogen-bond donors (Lipinski definition) is 0. The van der Waals surface area contributed by atoms with E-state index in [2.05, 4.69) is 372 Å². The summed E-state index contributed by atoms with van der Waals surface area (Å²) in [5.41, 5.74) is 27.6. The van der Waals surface area contributed by atoms with Gasteiger partial charge in [0.25, 0.3) is 0 Å². The molecular weight excluding hydrogens is 1250 g/mol. The Labute approximate surface area is 619 Å². The number of rotatable bonds is 10. The monoisotopic (exact) mass is 1350 g/mol. The van der Waals surface area contributed by atoms with E-state index in [9.17, 15) is 5.48 Å². The van der Waals surface area contributed by atoms with Crippen LogP contribution in [0.3, 0.4) is 0 Å². The van der Waals surface area contributed by atoms with E-state index in [1.807, 2.05) is 0 Å². The lowest BCUT2D eigenvalue weighted by atomic mass is 9.34. The van der Waals surface area contributed by atoms with Gasteiger partial charge in [-0.25, -0.2) is 0 Å². The average molecular weight is 1350 g/mol. The van der Waals surface area contributed by atoms with Crippen molar-refractivity contribution in [3.8, 4) is 50.2 Å². The second-order valence-electron chi connectivity index (χ2n) is 35.3. The van der Waals surface area contributed by atoms with Crippen molar-refractivity contribution >= 4 is 73.7 Å². The Bertz CT molecular complexity index is 5620. The molecule has 12 aromatic carbocycles. The molecule has 3 heterocycles. The van der Waals surface area contributed by atoms with Crippen LogP contribution in [0.15, 0.2) is 264 Å². The predicted molar refractivity (Wildman–Crippen MR) is 443 cm³/mol. The van der Waals surface area contributed by atoms with E-state index in [-0.39, 0.29) is 68.8 Å². The van der Waals surface area contributed by atoms with Gasteiger partial charge in [-0.1, -0.05) is 361 Å². The lowest BCUT2D eigenvalue weighted by Crippen LogP contribution is -2.60. The van der Waals surface area contributed by atoms with Crippen LogP contribution >= 0.6 is 11.8 Å². The van der Waals surface area contributed by atoms with Crippen molar-refractivity contribution in [2.24, 2.45) is 0 Å². The lowest BCUT2D eigenvalue weighted by Gasteiger charge is -2.42. The molecule has 510 valence electrons. The smallest absolute Gasteiger partial charge is 0.249 e. The summed E-state index contributed by atoms with van der Waals surface area (Å²) in [5.74, 6) is 0. The fourth-order valence-electron chi connectivity index (χ4n) is 15.7. The summed E-state index contributed by atoms with van der Waals surface area (Å²) in [7, 11) is 0. The molecule has 102 heavy (non-hydrogen) atoms. The molecule has 0 atom stereocenters. The van der Waals surface area contributed by atoms with Crippen molar-refractivity contribution in [2.45, 2.75) is 179 Å². The summed E-state index contributed by atoms with van der Waals surface area (Å²) in [6.45, 7) is 43.5. The third kappa shape index (κ3) is 12.2. The Hall–Kier alpha value is -9.35. The minimum Gasteiger partial charge on any atom is -0.310 e. The molecule has 0 radical (unpaired) electrons. The van der Waals surface area contributed by atoms with Crippen molar-refractivity contribution in [3.05, 3.63) is 305 Å². The zero-order valence-corrected chi connectivity index (χ0v) is 64.1. The molecule has 0 unspecified atom stereocenters. The Morgan fingerprint density at radius 1 is 0.314 bits per heavy atom. The maximum atomic E-state index is 10.0. The summed E-state index contributed by atoms with van der Waals surface area (Å²) in [6, 6.07) is 86.8. The minimum atomic E-state index is -0.348. The van der Waals surface area contributed by atoms with Gasteiger partial charge in [0.15, 0.2) is 0 Å². The van der Waals surface area contributed by atoms with Gasteiger partial charge in [-0.15, -0.1) is 0 Å². The van der Waals surface area contributed by atoms with Gasteiger partial charge < -0.3 is 9.47 Å². The first-order valence-electron chi connectivity index (χ1n) is 38.7. The third-order valence-corrected chi connectivity index (χ3v) is 23.5. The molecule has 13 aromatic rings. The molecule has 15 rings (SSSR count). The topological polar surface area (TPSA) is 8.17 Å². The van der Waals surface area contributed by atoms with Crippen LogP contribution < -0.4 is 21.3 Å². The zero-order chi connectivity index (χ0) is 75.4. The van der Waals surface area contributed by atoms with Crippen LogP contribution in [0.2, 0.25) is 0 Å². The van der Waals surface area contributed by atoms with E-state index >= 15 is 0 Å². The van der Waals surface area contributed by atoms with E-state index in [1.165, 1.54) is 82.5 Å². The van der Waals surface area contributed by atoms with Crippen LogP contribution in [0.5, 0.6) is 0 Å². The van der Waals surface area contributed by atoms with Gasteiger partial charge in [-0.2, -0.15) is 0 Å². The van der Waals surface area contributed by atoms with Crippen LogP contribution in [0, 0.1) is 0 Å². The van der Waals surface area contributed by atoms with Crippen LogP contribution in [0.4, 0.5) is 17.1 Å². The number of anilines is 3. The van der Waals surface area contributed by atoms with Crippen molar-refractivity contribution in [2.75, 3.05) is 4.90 Å². The van der Waals surface area contributed by atoms with Crippen molar-refractivity contribution < 1.29 is 5.48 Å². The highest BCUT2D eigenvalue weighted by molar-refractivity contribution is 8.00. The zero-order valence-electron chi connectivity index (χ0n) is 67.3. The first-order chi connectivity index (χ1) is 49.9. The van der Waals surface area contributed by atoms with Crippen LogP contribution in [0.25, 0.3) is 72.0 Å². The first kappa shape index (κ1) is 63.6. The number of para-hydroxylation sites is 2. The molecule has 0 spiro atoms. The molecule has 0 saturated carbocycles. The summed E-state index contributed by atoms with van der Waals surface area (Å²) >= 11 is 1.81. The van der Waals surface area contributed by atoms with E-state index < -0.39 is 0 Å². The predicted octanol–water partition coefficient (Wildman–Crippen LogP) is 25.4. The van der Waals surface area contributed by atoms with Crippen LogP contribution in [-0.2, 0) is 37.9 Å². The summed E-state index contributed by atoms with van der Waals surface area (Å²) < 4.78 is 40.6. The quantitative estimate of drug-likeness (QED) is 0.126. The maximum Gasteiger partial charge on any atom is 0.249 e. The summed E-state index contributed by atoms with van der Waals surface area (Å²) in [4.78, 5) is 4.84. The summed E-state index contributed by atoms with van der Waals surface area (Å²) in [6.07, 6.45) is 0. The average Bonchev–Trinajstić information content (AvgIpc) is 1.23. The Morgan fingerprint density at radius 2 is 0.784 bits per heavy atom. The van der Waals surface area contributed by atoms with Crippen LogP contribution in [0.1, 0.15) is 187 Å². The Kier molecular flexibility index (Phi) is 15.4. The highest BCUT2D eigenvalue weighted by Crippen LogP contribution is 2.52. The minimum absolute atomic E-state index is 0.0460. The van der Waals surface area contributed by atoms with Crippen molar-refractivity contribution in [1.29, 1.82) is 0 Å². The van der Waals surface area contributed by atoms with E-state index in [0.717, 1.165) is 71.9 Å². The Morgan fingerprint density at radius 3 is 1.35 bits per heavy atom. The normalized spacial score (nSPS) is 14.1. The molecule has 1 aromatic heterocycles. The van der Waals surface area contributed by atoms with E-state index in [0.29, 0.717) is 10.9 Å². The van der Waals surface area contributed by atoms with Gasteiger partial charge in [0, 0.05) is 59.6 Å². The number of aromatic nitrogens is 1. The second-order valence-corrected chi connectivity index (χ2v) is 36.3. The first-order valence-corrected chi connectivity index (χ1v) is 37.5. The molecule has 0 bridgehead atoms. The molecule has 0 aliphatic carbocycles. The standard InChI is InChI=1S/C98H99BN2S/c1-92(2,3)71-46-48-85-81(59-71)80-36-26-27-39-84(80)100(85)77-60-87-90-89(61-77)102-88-49-43-64(67-53-75(95(10,11)12)58-76(54-67)96(13,14)15)56-83(88)99(90)82-55-63(66-51-73(93(4,5)6)57-74(52-66)94(7,8)9)42-47-86(82)101(87)91-78(62-40-44-70(45-41-62)97(16,17)68-31-22-20-23-32-68)37-29-38-79(91)65-30-28-35-72(50-65)98(18,19)69-33-24-21-25-34-69/h20-61H,1-19H3/i26D,27D,36D,39D. The number of nitrogens with zero attached hydrogens (tertiary/aromatic N) is 2. The fraction of sp³-hybridized carbons (Fsp3) is 0.265. The third-order valence-electron chi connectivity index (χ3n) is 22.3. The summed E-state index contributed by atoms with van der Waals surface area (Å²) in [5, 5.41) is 1.30. The second kappa shape index (κ2) is 24.7. The van der Waals surface area contributed by atoms with Gasteiger partial charge in [0.05, 0.1) is 22.2 Å². The van der Waals surface area contributed by atoms with E-state index in [1.54, 1.807) is 11.8 Å². The molecule has 0 saturated heterocycles. The molecule has 0 N–H and O–H groups in total. The highest BCUT2D eigenvalue weighted by Gasteiger charge is 2.44. The van der Waals surface area contributed by atoms with Crippen molar-refractivity contribution in [3.63, 3.8) is 0 Å². The van der Waals surface area contributed by atoms with Gasteiger partial charge in [0.1, 0.15) is 0 Å². The van der Waals surface area contributed by atoms with E-state index in [4.69, 9.17) is 0 Å². The lowest BCUT2D eigenvalue weighted by molar-refractivity contribution is 0.568. The molecule has 2 nitrogen and oxygen atoms in total. The van der Waals surface area contributed by atoms with Gasteiger partial charge in [-0.3, -0.25) is 0 Å². The SMILES string of the molecule is [2H]c1c([2H])c([2H])c2c(c1[2H])c1cc(C(C)(C)C)ccc1n2-c1cc2c3c(c1)N(c1c(-c4ccc(C(C)(C)c5ccccc5)cc4)cccc1-c1cccc(C(C)(C)c4ccccc4)c1)c1ccc(-c4cc(C(C)(C)C)cc(C(C)(C)C)c4)cc1B3c1cc(-c3cc(C(C)(C)C)cc(C(C)(C)C)c3)ccc1S2. The highest BCUT2D eigenvalue weighted by atomic mass is 32.2. The molecule has 2 aliphatic heterocycles. The molecule has 4 heteroatoms. The van der Waals surface area contributed by atoms with Crippen molar-refractivity contribution in [1.82, 2.24) is 4.57 Å². The Balaban J connectivity index is 1.09. The van der Waals surface area contributed by atoms with Crippen LogP contribution in [-0.4, -0.2) is 11.3 Å². The molecule has 0 fully saturated rings. The fourth-order valence-corrected chi connectivity index (χ4v) is 16.9. The number of benzene rings is 12.